The summed E-state index contributed by atoms with van der Waals surface area (Å²) in [5.74, 6) is 0.347. The van der Waals surface area contributed by atoms with Crippen LogP contribution in [0, 0.1) is 0 Å². The highest BCUT2D eigenvalue weighted by molar-refractivity contribution is 6.08. The lowest BCUT2D eigenvalue weighted by Crippen LogP contribution is -2.21. The van der Waals surface area contributed by atoms with E-state index >= 15 is 0 Å². The van der Waals surface area contributed by atoms with Crippen molar-refractivity contribution in [1.29, 1.82) is 0 Å². The van der Waals surface area contributed by atoms with Crippen molar-refractivity contribution in [2.24, 2.45) is 0 Å². The zero-order valence-electron chi connectivity index (χ0n) is 15.8. The topological polar surface area (TPSA) is 84.5 Å². The van der Waals surface area contributed by atoms with Crippen LogP contribution in [-0.2, 0) is 9.59 Å². The molecule has 0 radical (unpaired) electrons. The first-order valence-electron chi connectivity index (χ1n) is 9.03. The maximum absolute atomic E-state index is 12.1. The van der Waals surface area contributed by atoms with Crippen molar-refractivity contribution >= 4 is 29.0 Å². The summed E-state index contributed by atoms with van der Waals surface area (Å²) in [6.45, 7) is 1.45. The minimum atomic E-state index is -0.466. The summed E-state index contributed by atoms with van der Waals surface area (Å²) in [5.41, 5.74) is 1.52. The Morgan fingerprint density at radius 1 is 0.724 bits per heavy atom. The fraction of sp³-hybridized carbons (Fsp3) is 0.0870. The average molecular weight is 388 g/mol. The van der Waals surface area contributed by atoms with Gasteiger partial charge in [0.05, 0.1) is 0 Å². The van der Waals surface area contributed by atoms with Gasteiger partial charge in [-0.3, -0.25) is 14.4 Å². The van der Waals surface area contributed by atoms with Gasteiger partial charge in [-0.2, -0.15) is 0 Å². The maximum atomic E-state index is 12.1. The second-order valence-corrected chi connectivity index (χ2v) is 6.35. The summed E-state index contributed by atoms with van der Waals surface area (Å²) < 4.78 is 5.69. The minimum Gasteiger partial charge on any atom is -0.457 e. The van der Waals surface area contributed by atoms with Crippen LogP contribution in [-0.4, -0.2) is 17.6 Å². The molecule has 0 aliphatic rings. The number of rotatable bonds is 7. The SMILES string of the molecule is CC(=O)c1cccc(NC(=O)CC(=O)Nc2ccc(Oc3ccccc3)cc2)c1. The van der Waals surface area contributed by atoms with Crippen LogP contribution in [0.2, 0.25) is 0 Å². The molecule has 2 N–H and O–H groups in total. The highest BCUT2D eigenvalue weighted by Gasteiger charge is 2.11. The third kappa shape index (κ3) is 6.04. The van der Waals surface area contributed by atoms with Gasteiger partial charge in [-0.05, 0) is 55.5 Å². The molecule has 0 bridgehead atoms. The van der Waals surface area contributed by atoms with Gasteiger partial charge < -0.3 is 15.4 Å². The van der Waals surface area contributed by atoms with Gasteiger partial charge >= 0.3 is 0 Å². The predicted molar refractivity (Wildman–Crippen MR) is 111 cm³/mol. The van der Waals surface area contributed by atoms with E-state index in [-0.39, 0.29) is 12.2 Å². The number of ether oxygens (including phenoxy) is 1. The van der Waals surface area contributed by atoms with E-state index < -0.39 is 11.8 Å². The van der Waals surface area contributed by atoms with Gasteiger partial charge in [-0.1, -0.05) is 30.3 Å². The first kappa shape index (κ1) is 19.8. The Hall–Kier alpha value is -3.93. The zero-order chi connectivity index (χ0) is 20.6. The smallest absolute Gasteiger partial charge is 0.233 e. The maximum Gasteiger partial charge on any atom is 0.233 e. The Bertz CT molecular complexity index is 1010. The molecule has 3 aromatic rings. The van der Waals surface area contributed by atoms with Crippen molar-refractivity contribution in [2.45, 2.75) is 13.3 Å². The van der Waals surface area contributed by atoms with Crippen LogP contribution in [0.25, 0.3) is 0 Å². The summed E-state index contributed by atoms with van der Waals surface area (Å²) in [6, 6.07) is 22.8. The number of Topliss-reactive ketones (excluding diaryl/α,β-unsaturated/α-hetero) is 1. The standard InChI is InChI=1S/C23H20N2O4/c1-16(26)17-6-5-7-19(14-17)25-23(28)15-22(27)24-18-10-12-21(13-11-18)29-20-8-3-2-4-9-20/h2-14H,15H2,1H3,(H,24,27)(H,25,28). The van der Waals surface area contributed by atoms with E-state index in [1.54, 1.807) is 48.5 Å². The van der Waals surface area contributed by atoms with Crippen LogP contribution >= 0.6 is 0 Å². The number of para-hydroxylation sites is 1. The molecular formula is C23H20N2O4. The number of hydrogen-bond acceptors (Lipinski definition) is 4. The van der Waals surface area contributed by atoms with Gasteiger partial charge in [0, 0.05) is 16.9 Å². The molecule has 3 aromatic carbocycles. The molecule has 3 rings (SSSR count). The molecule has 2 amide bonds. The molecule has 0 aliphatic carbocycles. The first-order chi connectivity index (χ1) is 14.0. The summed E-state index contributed by atoms with van der Waals surface area (Å²) in [5, 5.41) is 5.29. The Morgan fingerprint density at radius 3 is 2.00 bits per heavy atom. The summed E-state index contributed by atoms with van der Waals surface area (Å²) >= 11 is 0. The Morgan fingerprint density at radius 2 is 1.34 bits per heavy atom. The molecule has 0 spiro atoms. The van der Waals surface area contributed by atoms with E-state index in [1.165, 1.54) is 6.92 Å². The molecule has 6 heteroatoms. The highest BCUT2D eigenvalue weighted by Crippen LogP contribution is 2.22. The second-order valence-electron chi connectivity index (χ2n) is 6.35. The molecule has 29 heavy (non-hydrogen) atoms. The van der Waals surface area contributed by atoms with Crippen molar-refractivity contribution in [3.8, 4) is 11.5 Å². The summed E-state index contributed by atoms with van der Waals surface area (Å²) in [6.07, 6.45) is -0.341. The van der Waals surface area contributed by atoms with Crippen molar-refractivity contribution in [2.75, 3.05) is 10.6 Å². The minimum absolute atomic E-state index is 0.0986. The van der Waals surface area contributed by atoms with Crippen molar-refractivity contribution in [3.63, 3.8) is 0 Å². The van der Waals surface area contributed by atoms with Gasteiger partial charge in [0.1, 0.15) is 17.9 Å². The van der Waals surface area contributed by atoms with Gasteiger partial charge in [-0.25, -0.2) is 0 Å². The molecule has 0 unspecified atom stereocenters. The van der Waals surface area contributed by atoms with E-state index in [9.17, 15) is 14.4 Å². The molecule has 0 saturated heterocycles. The van der Waals surface area contributed by atoms with Gasteiger partial charge in [0.15, 0.2) is 5.78 Å². The fourth-order valence-electron chi connectivity index (χ4n) is 2.60. The number of nitrogens with one attached hydrogen (secondary N) is 2. The molecule has 0 fully saturated rings. The number of anilines is 2. The molecule has 6 nitrogen and oxygen atoms in total. The summed E-state index contributed by atoms with van der Waals surface area (Å²) in [7, 11) is 0. The number of carbonyl (C=O) groups excluding carboxylic acids is 3. The normalized spacial score (nSPS) is 10.1. The van der Waals surface area contributed by atoms with Crippen LogP contribution in [0.1, 0.15) is 23.7 Å². The Kier molecular flexibility index (Phi) is 6.37. The van der Waals surface area contributed by atoms with E-state index in [4.69, 9.17) is 4.74 Å². The second kappa shape index (κ2) is 9.32. The number of hydrogen-bond donors (Lipinski definition) is 2. The van der Waals surface area contributed by atoms with E-state index in [2.05, 4.69) is 10.6 Å². The lowest BCUT2D eigenvalue weighted by atomic mass is 10.1. The molecule has 0 aliphatic heterocycles. The molecule has 0 saturated carbocycles. The zero-order valence-corrected chi connectivity index (χ0v) is 15.8. The van der Waals surface area contributed by atoms with Gasteiger partial charge in [-0.15, -0.1) is 0 Å². The fourth-order valence-corrected chi connectivity index (χ4v) is 2.60. The van der Waals surface area contributed by atoms with Crippen molar-refractivity contribution in [1.82, 2.24) is 0 Å². The van der Waals surface area contributed by atoms with E-state index in [0.717, 1.165) is 5.75 Å². The molecule has 0 aromatic heterocycles. The molecule has 0 heterocycles. The Labute approximate surface area is 168 Å². The van der Waals surface area contributed by atoms with Gasteiger partial charge in [0.25, 0.3) is 0 Å². The van der Waals surface area contributed by atoms with Crippen LogP contribution in [0.5, 0.6) is 11.5 Å². The Balaban J connectivity index is 1.51. The lowest BCUT2D eigenvalue weighted by Gasteiger charge is -2.09. The highest BCUT2D eigenvalue weighted by atomic mass is 16.5. The summed E-state index contributed by atoms with van der Waals surface area (Å²) in [4.78, 5) is 35.6. The quantitative estimate of drug-likeness (QED) is 0.456. The van der Waals surface area contributed by atoms with Crippen molar-refractivity contribution < 1.29 is 19.1 Å². The average Bonchev–Trinajstić information content (AvgIpc) is 2.70. The predicted octanol–water partition coefficient (Wildman–Crippen LogP) is 4.65. The van der Waals surface area contributed by atoms with E-state index in [1.807, 2.05) is 30.3 Å². The lowest BCUT2D eigenvalue weighted by molar-refractivity contribution is -0.123. The number of ketones is 1. The molecular weight excluding hydrogens is 368 g/mol. The van der Waals surface area contributed by atoms with Crippen LogP contribution in [0.3, 0.4) is 0 Å². The third-order valence-electron chi connectivity index (χ3n) is 3.99. The van der Waals surface area contributed by atoms with Crippen LogP contribution < -0.4 is 15.4 Å². The van der Waals surface area contributed by atoms with E-state index in [0.29, 0.717) is 22.7 Å². The number of carbonyl (C=O) groups is 3. The van der Waals surface area contributed by atoms with Gasteiger partial charge in [0.2, 0.25) is 11.8 Å². The first-order valence-corrected chi connectivity index (χ1v) is 9.03. The third-order valence-corrected chi connectivity index (χ3v) is 3.99. The number of amides is 2. The largest absolute Gasteiger partial charge is 0.457 e. The molecule has 146 valence electrons. The molecule has 0 atom stereocenters. The van der Waals surface area contributed by atoms with Crippen LogP contribution in [0.15, 0.2) is 78.9 Å². The monoisotopic (exact) mass is 388 g/mol. The number of benzene rings is 3. The van der Waals surface area contributed by atoms with Crippen molar-refractivity contribution in [3.05, 3.63) is 84.4 Å². The van der Waals surface area contributed by atoms with Crippen LogP contribution in [0.4, 0.5) is 11.4 Å².